The number of hydrogen-bond acceptors (Lipinski definition) is 5. The Kier molecular flexibility index (Phi) is 7.95. The Bertz CT molecular complexity index is 1040. The van der Waals surface area contributed by atoms with Crippen molar-refractivity contribution in [2.24, 2.45) is 5.92 Å². The first-order valence-electron chi connectivity index (χ1n) is 11.5. The van der Waals surface area contributed by atoms with Gasteiger partial charge in [0.05, 0.1) is 15.9 Å². The van der Waals surface area contributed by atoms with Crippen LogP contribution < -0.4 is 5.32 Å². The van der Waals surface area contributed by atoms with E-state index in [2.05, 4.69) is 33.6 Å². The third kappa shape index (κ3) is 5.68. The van der Waals surface area contributed by atoms with Gasteiger partial charge in [-0.05, 0) is 43.9 Å². The van der Waals surface area contributed by atoms with Crippen LogP contribution in [-0.4, -0.2) is 72.9 Å². The lowest BCUT2D eigenvalue weighted by atomic mass is 10.0. The van der Waals surface area contributed by atoms with Crippen LogP contribution in [0.2, 0.25) is 0 Å². The number of likely N-dealkylation sites (tertiary alicyclic amines) is 1. The van der Waals surface area contributed by atoms with Crippen molar-refractivity contribution in [1.29, 1.82) is 0 Å². The van der Waals surface area contributed by atoms with Crippen LogP contribution >= 0.6 is 0 Å². The number of hydrogen-bond donors (Lipinski definition) is 1. The molecule has 1 aromatic heterocycles. The molecular weight excluding hydrogens is 426 g/mol. The lowest BCUT2D eigenvalue weighted by molar-refractivity contribution is -0.122. The lowest BCUT2D eigenvalue weighted by Gasteiger charge is -2.33. The molecule has 8 nitrogen and oxygen atoms in total. The van der Waals surface area contributed by atoms with E-state index in [4.69, 9.17) is 0 Å². The third-order valence-corrected chi connectivity index (χ3v) is 7.86. The van der Waals surface area contributed by atoms with Crippen LogP contribution in [0, 0.1) is 5.92 Å². The van der Waals surface area contributed by atoms with Gasteiger partial charge in [-0.25, -0.2) is 17.7 Å². The van der Waals surface area contributed by atoms with Gasteiger partial charge in [-0.2, -0.15) is 0 Å². The summed E-state index contributed by atoms with van der Waals surface area (Å²) in [5.74, 6) is 1.53. The number of aryl methyl sites for hydroxylation is 2. The molecule has 1 saturated heterocycles. The molecule has 1 N–H and O–H groups in total. The monoisotopic (exact) mass is 463 g/mol. The molecule has 1 aromatic carbocycles. The zero-order valence-corrected chi connectivity index (χ0v) is 20.8. The van der Waals surface area contributed by atoms with Crippen molar-refractivity contribution in [2.75, 3.05) is 33.7 Å². The van der Waals surface area contributed by atoms with Crippen molar-refractivity contribution in [3.05, 3.63) is 24.0 Å². The Hall–Kier alpha value is -1.97. The zero-order chi connectivity index (χ0) is 23.5. The Morgan fingerprint density at radius 3 is 2.53 bits per heavy atom. The SMILES string of the molecule is CCn1c(CCC(=O)NC2CCN(CC(C)C)CC2)nc2cc(S(=O)(=O)N(C)C)ccc21. The molecule has 178 valence electrons. The van der Waals surface area contributed by atoms with Gasteiger partial charge < -0.3 is 14.8 Å². The molecule has 0 atom stereocenters. The number of piperidine rings is 1. The number of sulfonamides is 1. The molecule has 0 aliphatic carbocycles. The first-order chi connectivity index (χ1) is 15.1. The van der Waals surface area contributed by atoms with Gasteiger partial charge in [0.2, 0.25) is 15.9 Å². The number of carbonyl (C=O) groups excluding carboxylic acids is 1. The molecule has 32 heavy (non-hydrogen) atoms. The summed E-state index contributed by atoms with van der Waals surface area (Å²) in [5, 5.41) is 3.19. The van der Waals surface area contributed by atoms with Crippen molar-refractivity contribution in [3.8, 4) is 0 Å². The molecule has 1 fully saturated rings. The van der Waals surface area contributed by atoms with Crippen LogP contribution in [0.3, 0.4) is 0 Å². The molecule has 0 spiro atoms. The molecule has 0 saturated carbocycles. The van der Waals surface area contributed by atoms with Gasteiger partial charge in [-0.1, -0.05) is 13.8 Å². The van der Waals surface area contributed by atoms with Crippen LogP contribution in [0.25, 0.3) is 11.0 Å². The quantitative estimate of drug-likeness (QED) is 0.617. The molecule has 0 unspecified atom stereocenters. The highest BCUT2D eigenvalue weighted by Crippen LogP contribution is 2.23. The number of fused-ring (bicyclic) bond motifs is 1. The molecule has 3 rings (SSSR count). The third-order valence-electron chi connectivity index (χ3n) is 6.05. The summed E-state index contributed by atoms with van der Waals surface area (Å²) >= 11 is 0. The normalized spacial score (nSPS) is 16.3. The van der Waals surface area contributed by atoms with Crippen molar-refractivity contribution >= 4 is 27.0 Å². The van der Waals surface area contributed by atoms with Gasteiger partial charge >= 0.3 is 0 Å². The molecule has 0 bridgehead atoms. The standard InChI is InChI=1S/C23H37N5O3S/c1-6-28-21-8-7-19(32(30,31)26(4)5)15-20(21)25-22(28)9-10-23(29)24-18-11-13-27(14-12-18)16-17(2)3/h7-8,15,17-18H,6,9-14,16H2,1-5H3,(H,24,29). The summed E-state index contributed by atoms with van der Waals surface area (Å²) < 4.78 is 28.2. The summed E-state index contributed by atoms with van der Waals surface area (Å²) in [6.07, 6.45) is 2.89. The fourth-order valence-electron chi connectivity index (χ4n) is 4.38. The van der Waals surface area contributed by atoms with E-state index in [1.54, 1.807) is 18.2 Å². The Labute approximate surface area is 192 Å². The molecule has 1 aliphatic rings. The number of carbonyl (C=O) groups is 1. The van der Waals surface area contributed by atoms with Crippen molar-refractivity contribution in [2.45, 2.75) is 63.9 Å². The second-order valence-corrected chi connectivity index (χ2v) is 11.4. The van der Waals surface area contributed by atoms with E-state index in [1.807, 2.05) is 6.92 Å². The van der Waals surface area contributed by atoms with Crippen LogP contribution in [0.1, 0.15) is 45.9 Å². The number of aromatic nitrogens is 2. The first-order valence-corrected chi connectivity index (χ1v) is 13.0. The average molecular weight is 464 g/mol. The molecule has 2 aromatic rings. The number of rotatable bonds is 9. The van der Waals surface area contributed by atoms with Gasteiger partial charge in [0.1, 0.15) is 5.82 Å². The summed E-state index contributed by atoms with van der Waals surface area (Å²) in [5.41, 5.74) is 1.53. The smallest absolute Gasteiger partial charge is 0.242 e. The highest BCUT2D eigenvalue weighted by Gasteiger charge is 2.22. The first kappa shape index (κ1) is 24.7. The predicted octanol–water partition coefficient (Wildman–Crippen LogP) is 2.48. The maximum Gasteiger partial charge on any atom is 0.242 e. The molecule has 2 heterocycles. The molecule has 0 radical (unpaired) electrons. The van der Waals surface area contributed by atoms with Crippen LogP contribution in [0.15, 0.2) is 23.1 Å². The van der Waals surface area contributed by atoms with Crippen molar-refractivity contribution < 1.29 is 13.2 Å². The number of amides is 1. The zero-order valence-electron chi connectivity index (χ0n) is 20.0. The lowest BCUT2D eigenvalue weighted by Crippen LogP contribution is -2.45. The van der Waals surface area contributed by atoms with E-state index in [1.165, 1.54) is 18.4 Å². The minimum absolute atomic E-state index is 0.0536. The number of nitrogens with zero attached hydrogens (tertiary/aromatic N) is 4. The maximum absolute atomic E-state index is 12.6. The summed E-state index contributed by atoms with van der Waals surface area (Å²) in [4.78, 5) is 19.9. The van der Waals surface area contributed by atoms with Gasteiger partial charge in [0.25, 0.3) is 0 Å². The topological polar surface area (TPSA) is 87.5 Å². The largest absolute Gasteiger partial charge is 0.353 e. The summed E-state index contributed by atoms with van der Waals surface area (Å²) in [6, 6.07) is 5.28. The van der Waals surface area contributed by atoms with E-state index in [0.717, 1.165) is 43.8 Å². The Morgan fingerprint density at radius 1 is 1.25 bits per heavy atom. The van der Waals surface area contributed by atoms with Gasteiger partial charge in [0, 0.05) is 59.2 Å². The minimum atomic E-state index is -3.52. The predicted molar refractivity (Wildman–Crippen MR) is 127 cm³/mol. The van der Waals surface area contributed by atoms with E-state index < -0.39 is 10.0 Å². The van der Waals surface area contributed by atoms with Crippen molar-refractivity contribution in [3.63, 3.8) is 0 Å². The highest BCUT2D eigenvalue weighted by atomic mass is 32.2. The fraction of sp³-hybridized carbons (Fsp3) is 0.652. The van der Waals surface area contributed by atoms with Crippen LogP contribution in [0.5, 0.6) is 0 Å². The van der Waals surface area contributed by atoms with Gasteiger partial charge in [0.15, 0.2) is 0 Å². The van der Waals surface area contributed by atoms with Crippen molar-refractivity contribution in [1.82, 2.24) is 24.1 Å². The van der Waals surface area contributed by atoms with E-state index in [-0.39, 0.29) is 16.8 Å². The van der Waals surface area contributed by atoms with Gasteiger partial charge in [-0.3, -0.25) is 4.79 Å². The number of nitrogens with one attached hydrogen (secondary N) is 1. The Balaban J connectivity index is 1.63. The second kappa shape index (κ2) is 10.3. The van der Waals surface area contributed by atoms with E-state index in [9.17, 15) is 13.2 Å². The average Bonchev–Trinajstić information content (AvgIpc) is 3.09. The van der Waals surface area contributed by atoms with E-state index in [0.29, 0.717) is 30.8 Å². The highest BCUT2D eigenvalue weighted by molar-refractivity contribution is 7.89. The van der Waals surface area contributed by atoms with Crippen LogP contribution in [-0.2, 0) is 27.8 Å². The second-order valence-electron chi connectivity index (χ2n) is 9.25. The molecule has 1 aliphatic heterocycles. The molecular formula is C23H37N5O3S. The van der Waals surface area contributed by atoms with Gasteiger partial charge in [-0.15, -0.1) is 0 Å². The van der Waals surface area contributed by atoms with E-state index >= 15 is 0 Å². The fourth-order valence-corrected chi connectivity index (χ4v) is 5.30. The minimum Gasteiger partial charge on any atom is -0.353 e. The number of imidazole rings is 1. The summed E-state index contributed by atoms with van der Waals surface area (Å²) in [7, 11) is -0.483. The molecule has 9 heteroatoms. The number of benzene rings is 1. The molecule has 1 amide bonds. The van der Waals surface area contributed by atoms with Crippen LogP contribution in [0.4, 0.5) is 0 Å². The maximum atomic E-state index is 12.6. The summed E-state index contributed by atoms with van der Waals surface area (Å²) in [6.45, 7) is 10.4. The Morgan fingerprint density at radius 2 is 1.94 bits per heavy atom.